The number of nitrogens with zero attached hydrogens (tertiary/aromatic N) is 2. The molecule has 1 aromatic rings. The molecule has 16 heavy (non-hydrogen) atoms. The normalized spacial score (nSPS) is 10.6. The average molecular weight is 231 g/mol. The minimum Gasteiger partial charge on any atom is -0.403 e. The molecule has 8 heteroatoms. The zero-order valence-corrected chi connectivity index (χ0v) is 7.58. The summed E-state index contributed by atoms with van der Waals surface area (Å²) in [6.07, 6.45) is -4.11. The average Bonchev–Trinajstić information content (AvgIpc) is 2.16. The third-order valence-electron chi connectivity index (χ3n) is 1.56. The van der Waals surface area contributed by atoms with Crippen LogP contribution < -0.4 is 10.5 Å². The Balaban J connectivity index is 3.28. The first-order chi connectivity index (χ1) is 7.39. The van der Waals surface area contributed by atoms with Crippen molar-refractivity contribution >= 4 is 12.0 Å². The van der Waals surface area contributed by atoms with Gasteiger partial charge in [0.1, 0.15) is 17.3 Å². The third-order valence-corrected chi connectivity index (χ3v) is 1.56. The highest BCUT2D eigenvalue weighted by Gasteiger charge is 2.33. The summed E-state index contributed by atoms with van der Waals surface area (Å²) < 4.78 is 39.2. The van der Waals surface area contributed by atoms with Crippen LogP contribution in [0.2, 0.25) is 0 Å². The largest absolute Gasteiger partial charge is 0.573 e. The Morgan fingerprint density at radius 3 is 2.62 bits per heavy atom. The summed E-state index contributed by atoms with van der Waals surface area (Å²) in [5, 5.41) is 8.60. The molecule has 0 atom stereocenters. The van der Waals surface area contributed by atoms with E-state index < -0.39 is 23.4 Å². The van der Waals surface area contributed by atoms with Gasteiger partial charge in [-0.3, -0.25) is 4.79 Å². The number of hydrogen-bond donors (Lipinski definition) is 1. The molecule has 0 spiro atoms. The molecular formula is C8H4F3N3O2. The van der Waals surface area contributed by atoms with Gasteiger partial charge in [0.2, 0.25) is 0 Å². The molecular weight excluding hydrogens is 227 g/mol. The predicted molar refractivity (Wildman–Crippen MR) is 45.4 cm³/mol. The lowest BCUT2D eigenvalue weighted by Gasteiger charge is -2.11. The van der Waals surface area contributed by atoms with Crippen LogP contribution in [-0.2, 0) is 0 Å². The Kier molecular flexibility index (Phi) is 2.99. The fourth-order valence-electron chi connectivity index (χ4n) is 0.934. The highest BCUT2D eigenvalue weighted by atomic mass is 19.4. The molecule has 1 rings (SSSR count). The SMILES string of the molecule is N#Cc1c(OC(F)(F)F)cnc(C=O)c1N. The van der Waals surface area contributed by atoms with Gasteiger partial charge in [-0.05, 0) is 0 Å². The quantitative estimate of drug-likeness (QED) is 0.773. The van der Waals surface area contributed by atoms with Crippen LogP contribution in [0.5, 0.6) is 5.75 Å². The number of carbonyl (C=O) groups is 1. The molecule has 5 nitrogen and oxygen atoms in total. The van der Waals surface area contributed by atoms with Crippen LogP contribution in [0.15, 0.2) is 6.20 Å². The van der Waals surface area contributed by atoms with Crippen molar-refractivity contribution in [3.8, 4) is 11.8 Å². The van der Waals surface area contributed by atoms with E-state index >= 15 is 0 Å². The van der Waals surface area contributed by atoms with Crippen LogP contribution >= 0.6 is 0 Å². The van der Waals surface area contributed by atoms with Gasteiger partial charge in [-0.2, -0.15) is 5.26 Å². The number of anilines is 1. The number of aromatic nitrogens is 1. The van der Waals surface area contributed by atoms with Crippen LogP contribution in [0.4, 0.5) is 18.9 Å². The number of ether oxygens (including phenoxy) is 1. The molecule has 1 aromatic heterocycles. The molecule has 0 fully saturated rings. The molecule has 1 heterocycles. The molecule has 0 saturated carbocycles. The van der Waals surface area contributed by atoms with Crippen molar-refractivity contribution in [2.24, 2.45) is 0 Å². The maximum Gasteiger partial charge on any atom is 0.573 e. The number of alkyl halides is 3. The van der Waals surface area contributed by atoms with Gasteiger partial charge in [0, 0.05) is 0 Å². The predicted octanol–water partition coefficient (Wildman–Crippen LogP) is 1.25. The van der Waals surface area contributed by atoms with E-state index in [0.717, 1.165) is 0 Å². The van der Waals surface area contributed by atoms with Crippen molar-refractivity contribution in [1.82, 2.24) is 4.98 Å². The van der Waals surface area contributed by atoms with Gasteiger partial charge in [0.15, 0.2) is 12.0 Å². The fraction of sp³-hybridized carbons (Fsp3) is 0.125. The second kappa shape index (κ2) is 4.06. The molecule has 0 aliphatic carbocycles. The van der Waals surface area contributed by atoms with Crippen molar-refractivity contribution < 1.29 is 22.7 Å². The second-order valence-corrected chi connectivity index (χ2v) is 2.57. The molecule has 0 radical (unpaired) electrons. The number of halogens is 3. The minimum atomic E-state index is -4.96. The molecule has 2 N–H and O–H groups in total. The third kappa shape index (κ3) is 2.38. The lowest BCUT2D eigenvalue weighted by atomic mass is 10.2. The lowest BCUT2D eigenvalue weighted by Crippen LogP contribution is -2.18. The molecule has 0 aromatic carbocycles. The summed E-state index contributed by atoms with van der Waals surface area (Å²) in [5.41, 5.74) is 3.93. The Labute approximate surface area is 87.3 Å². The standard InChI is InChI=1S/C8H4F3N3O2/c9-8(10,11)16-6-2-14-5(3-15)7(13)4(6)1-12/h2-3H,13H2. The van der Waals surface area contributed by atoms with Crippen molar-refractivity contribution in [3.63, 3.8) is 0 Å². The van der Waals surface area contributed by atoms with Gasteiger partial charge in [-0.15, -0.1) is 13.2 Å². The van der Waals surface area contributed by atoms with Crippen LogP contribution in [0.1, 0.15) is 16.1 Å². The zero-order valence-electron chi connectivity index (χ0n) is 7.58. The van der Waals surface area contributed by atoms with Crippen molar-refractivity contribution in [2.45, 2.75) is 6.36 Å². The van der Waals surface area contributed by atoms with E-state index in [1.807, 2.05) is 0 Å². The van der Waals surface area contributed by atoms with E-state index in [1.165, 1.54) is 6.07 Å². The number of pyridine rings is 1. The van der Waals surface area contributed by atoms with Gasteiger partial charge in [0.05, 0.1) is 11.9 Å². The van der Waals surface area contributed by atoms with Crippen LogP contribution in [0.3, 0.4) is 0 Å². The van der Waals surface area contributed by atoms with Crippen LogP contribution in [-0.4, -0.2) is 17.6 Å². The smallest absolute Gasteiger partial charge is 0.403 e. The Bertz CT molecular complexity index is 465. The molecule has 0 aliphatic rings. The number of hydrogen-bond acceptors (Lipinski definition) is 5. The summed E-state index contributed by atoms with van der Waals surface area (Å²) in [5.74, 6) is -0.835. The summed E-state index contributed by atoms with van der Waals surface area (Å²) in [6, 6.07) is 1.41. The molecule has 84 valence electrons. The summed E-state index contributed by atoms with van der Waals surface area (Å²) in [7, 11) is 0. The van der Waals surface area contributed by atoms with Gasteiger partial charge in [-0.25, -0.2) is 4.98 Å². The molecule has 0 saturated heterocycles. The second-order valence-electron chi connectivity index (χ2n) is 2.57. The van der Waals surface area contributed by atoms with E-state index in [2.05, 4.69) is 9.72 Å². The highest BCUT2D eigenvalue weighted by Crippen LogP contribution is 2.29. The van der Waals surface area contributed by atoms with Crippen LogP contribution in [0.25, 0.3) is 0 Å². The molecule has 0 aliphatic heterocycles. The number of rotatable bonds is 2. The van der Waals surface area contributed by atoms with Crippen molar-refractivity contribution in [3.05, 3.63) is 17.5 Å². The monoisotopic (exact) mass is 231 g/mol. The van der Waals surface area contributed by atoms with Crippen molar-refractivity contribution in [1.29, 1.82) is 5.26 Å². The summed E-state index contributed by atoms with van der Waals surface area (Å²) in [4.78, 5) is 13.7. The Morgan fingerprint density at radius 1 is 1.56 bits per heavy atom. The van der Waals surface area contributed by atoms with E-state index in [1.54, 1.807) is 0 Å². The van der Waals surface area contributed by atoms with Crippen molar-refractivity contribution in [2.75, 3.05) is 5.73 Å². The summed E-state index contributed by atoms with van der Waals surface area (Å²) >= 11 is 0. The number of nitrogens with two attached hydrogens (primary N) is 1. The first kappa shape index (κ1) is 11.8. The lowest BCUT2D eigenvalue weighted by molar-refractivity contribution is -0.274. The minimum absolute atomic E-state index is 0.230. The van der Waals surface area contributed by atoms with Gasteiger partial charge >= 0.3 is 6.36 Å². The summed E-state index contributed by atoms with van der Waals surface area (Å²) in [6.45, 7) is 0. The first-order valence-corrected chi connectivity index (χ1v) is 3.78. The maximum absolute atomic E-state index is 11.9. The van der Waals surface area contributed by atoms with E-state index in [4.69, 9.17) is 11.0 Å². The highest BCUT2D eigenvalue weighted by molar-refractivity contribution is 5.84. The number of aldehydes is 1. The first-order valence-electron chi connectivity index (χ1n) is 3.78. The molecule has 0 amide bonds. The number of carbonyl (C=O) groups excluding carboxylic acids is 1. The van der Waals surface area contributed by atoms with Gasteiger partial charge < -0.3 is 10.5 Å². The molecule has 0 bridgehead atoms. The van der Waals surface area contributed by atoms with Crippen LogP contribution in [0, 0.1) is 11.3 Å². The zero-order chi connectivity index (χ0) is 12.3. The van der Waals surface area contributed by atoms with Gasteiger partial charge in [-0.1, -0.05) is 0 Å². The number of nitrogen functional groups attached to an aromatic ring is 1. The van der Waals surface area contributed by atoms with E-state index in [9.17, 15) is 18.0 Å². The number of nitriles is 1. The Morgan fingerprint density at radius 2 is 2.19 bits per heavy atom. The van der Waals surface area contributed by atoms with E-state index in [0.29, 0.717) is 6.20 Å². The maximum atomic E-state index is 11.9. The fourth-order valence-corrected chi connectivity index (χ4v) is 0.934. The molecule has 0 unspecified atom stereocenters. The van der Waals surface area contributed by atoms with Gasteiger partial charge in [0.25, 0.3) is 0 Å². The topological polar surface area (TPSA) is 89.0 Å². The van der Waals surface area contributed by atoms with E-state index in [-0.39, 0.29) is 12.0 Å². The Hall–Kier alpha value is -2.30.